The van der Waals surface area contributed by atoms with Crippen molar-refractivity contribution in [3.05, 3.63) is 22.3 Å². The molecule has 41 heavy (non-hydrogen) atoms. The summed E-state index contributed by atoms with van der Waals surface area (Å²) >= 11 is 0. The number of carbonyl (C=O) groups is 2. The highest BCUT2D eigenvalue weighted by Gasteiger charge is 2.35. The molecule has 0 aromatic heterocycles. The molecule has 1 heterocycles. The second kappa shape index (κ2) is 15.4. The number of ether oxygens (including phenoxy) is 3. The molecule has 1 aromatic carbocycles. The average molecular weight is 573 g/mol. The number of benzene rings is 1. The van der Waals surface area contributed by atoms with Crippen LogP contribution in [0.15, 0.2) is 0 Å². The molecular formula is C36H60O5. The van der Waals surface area contributed by atoms with Crippen LogP contribution in [0, 0.1) is 38.5 Å². The maximum Gasteiger partial charge on any atom is 0.322 e. The summed E-state index contributed by atoms with van der Waals surface area (Å²) in [4.78, 5) is 24.7. The lowest BCUT2D eigenvalue weighted by molar-refractivity contribution is -0.158. The van der Waals surface area contributed by atoms with Gasteiger partial charge in [-0.25, -0.2) is 0 Å². The van der Waals surface area contributed by atoms with Gasteiger partial charge in [0.05, 0.1) is 0 Å². The number of hydrogen-bond acceptors (Lipinski definition) is 5. The first-order valence-corrected chi connectivity index (χ1v) is 16.3. The summed E-state index contributed by atoms with van der Waals surface area (Å²) in [6.45, 7) is 23.0. The monoisotopic (exact) mass is 572 g/mol. The topological polar surface area (TPSA) is 61.8 Å². The van der Waals surface area contributed by atoms with E-state index in [4.69, 9.17) is 14.2 Å². The van der Waals surface area contributed by atoms with Crippen molar-refractivity contribution in [1.82, 2.24) is 0 Å². The standard InChI is InChI=1S/C36H60O5/c1-24(2)15-12-16-25(3)17-13-18-26(4)19-14-21-36(11)22-20-30-29(7)33(27(5)28(6)34(30)41-36)39-31(37)23-32(38)40-35(8,9)10/h24-26H,12-23H2,1-11H3/t25-,26+,36+/m1/s1. The number of carbonyl (C=O) groups excluding carboxylic acids is 2. The van der Waals surface area contributed by atoms with E-state index >= 15 is 0 Å². The summed E-state index contributed by atoms with van der Waals surface area (Å²) in [5, 5.41) is 0. The largest absolute Gasteiger partial charge is 0.487 e. The Kier molecular flexibility index (Phi) is 13.2. The Balaban J connectivity index is 1.90. The summed E-state index contributed by atoms with van der Waals surface area (Å²) in [5.74, 6) is 2.74. The van der Waals surface area contributed by atoms with Crippen molar-refractivity contribution in [3.8, 4) is 11.5 Å². The van der Waals surface area contributed by atoms with E-state index in [-0.39, 0.29) is 5.60 Å². The molecule has 3 atom stereocenters. The molecule has 5 nitrogen and oxygen atoms in total. The van der Waals surface area contributed by atoms with Gasteiger partial charge in [-0.3, -0.25) is 9.59 Å². The third-order valence-corrected chi connectivity index (χ3v) is 8.76. The van der Waals surface area contributed by atoms with Crippen molar-refractivity contribution in [2.24, 2.45) is 17.8 Å². The Hall–Kier alpha value is -2.04. The van der Waals surface area contributed by atoms with Crippen LogP contribution in [0.5, 0.6) is 11.5 Å². The van der Waals surface area contributed by atoms with E-state index in [9.17, 15) is 9.59 Å². The Morgan fingerprint density at radius 1 is 0.829 bits per heavy atom. The number of esters is 2. The zero-order valence-electron chi connectivity index (χ0n) is 28.3. The van der Waals surface area contributed by atoms with Crippen LogP contribution in [0.3, 0.4) is 0 Å². The SMILES string of the molecule is Cc1c(C)c2c(c(C)c1OC(=O)CC(=O)OC(C)(C)C)CC[C@](C)(CCC[C@@H](C)CCC[C@H](C)CCCC(C)C)O2. The third-order valence-electron chi connectivity index (χ3n) is 8.76. The minimum absolute atomic E-state index is 0.184. The average Bonchev–Trinajstić information content (AvgIpc) is 2.83. The Labute approximate surface area is 251 Å². The van der Waals surface area contributed by atoms with Gasteiger partial charge in [-0.1, -0.05) is 72.6 Å². The van der Waals surface area contributed by atoms with E-state index in [0.717, 1.165) is 65.0 Å². The maximum absolute atomic E-state index is 12.6. The lowest BCUT2D eigenvalue weighted by Crippen LogP contribution is -2.37. The van der Waals surface area contributed by atoms with Crippen LogP contribution in [-0.2, 0) is 20.7 Å². The molecule has 0 unspecified atom stereocenters. The summed E-state index contributed by atoms with van der Waals surface area (Å²) in [7, 11) is 0. The molecule has 1 aromatic rings. The van der Waals surface area contributed by atoms with Crippen molar-refractivity contribution in [1.29, 1.82) is 0 Å². The maximum atomic E-state index is 12.6. The van der Waals surface area contributed by atoms with Crippen molar-refractivity contribution in [2.45, 2.75) is 164 Å². The molecule has 5 heteroatoms. The van der Waals surface area contributed by atoms with Gasteiger partial charge in [0.1, 0.15) is 29.1 Å². The van der Waals surface area contributed by atoms with Gasteiger partial charge in [0.15, 0.2) is 0 Å². The summed E-state index contributed by atoms with van der Waals surface area (Å²) in [6, 6.07) is 0. The Morgan fingerprint density at radius 3 is 1.95 bits per heavy atom. The van der Waals surface area contributed by atoms with Crippen LogP contribution < -0.4 is 9.47 Å². The van der Waals surface area contributed by atoms with E-state index in [1.54, 1.807) is 20.8 Å². The molecule has 1 aliphatic rings. The first-order chi connectivity index (χ1) is 19.0. The minimum Gasteiger partial charge on any atom is -0.487 e. The van der Waals surface area contributed by atoms with Crippen LogP contribution in [0.4, 0.5) is 0 Å². The van der Waals surface area contributed by atoms with E-state index in [0.29, 0.717) is 5.75 Å². The number of fused-ring (bicyclic) bond motifs is 1. The van der Waals surface area contributed by atoms with Gasteiger partial charge < -0.3 is 14.2 Å². The first kappa shape index (κ1) is 35.2. The van der Waals surface area contributed by atoms with Gasteiger partial charge in [0.25, 0.3) is 0 Å². The molecule has 0 amide bonds. The van der Waals surface area contributed by atoms with Gasteiger partial charge in [-0.2, -0.15) is 0 Å². The van der Waals surface area contributed by atoms with E-state index < -0.39 is 24.0 Å². The lowest BCUT2D eigenvalue weighted by atomic mass is 9.83. The van der Waals surface area contributed by atoms with Gasteiger partial charge in [-0.15, -0.1) is 0 Å². The predicted octanol–water partition coefficient (Wildman–Crippen LogP) is 9.77. The predicted molar refractivity (Wildman–Crippen MR) is 169 cm³/mol. The zero-order chi connectivity index (χ0) is 31.0. The van der Waals surface area contributed by atoms with Gasteiger partial charge in [0, 0.05) is 5.56 Å². The molecule has 0 saturated heterocycles. The van der Waals surface area contributed by atoms with Crippen LogP contribution in [-0.4, -0.2) is 23.1 Å². The van der Waals surface area contributed by atoms with Crippen molar-refractivity contribution >= 4 is 11.9 Å². The smallest absolute Gasteiger partial charge is 0.322 e. The number of hydrogen-bond donors (Lipinski definition) is 0. The van der Waals surface area contributed by atoms with Crippen LogP contribution in [0.25, 0.3) is 0 Å². The molecule has 0 radical (unpaired) electrons. The normalized spacial score (nSPS) is 18.4. The highest BCUT2D eigenvalue weighted by molar-refractivity contribution is 5.92. The van der Waals surface area contributed by atoms with Gasteiger partial charge >= 0.3 is 11.9 Å². The molecule has 0 bridgehead atoms. The van der Waals surface area contributed by atoms with Crippen molar-refractivity contribution < 1.29 is 23.8 Å². The van der Waals surface area contributed by atoms with Crippen LogP contribution in [0.2, 0.25) is 0 Å². The quantitative estimate of drug-likeness (QED) is 0.119. The molecule has 0 N–H and O–H groups in total. The molecule has 0 aliphatic carbocycles. The summed E-state index contributed by atoms with van der Waals surface area (Å²) in [6.07, 6.45) is 13.0. The molecule has 0 saturated carbocycles. The summed E-state index contributed by atoms with van der Waals surface area (Å²) in [5.41, 5.74) is 3.11. The van der Waals surface area contributed by atoms with Crippen molar-refractivity contribution in [3.63, 3.8) is 0 Å². The van der Waals surface area contributed by atoms with E-state index in [1.165, 1.54) is 51.4 Å². The molecule has 234 valence electrons. The minimum atomic E-state index is -0.640. The summed E-state index contributed by atoms with van der Waals surface area (Å²) < 4.78 is 17.7. The second-order valence-electron chi connectivity index (χ2n) is 14.7. The molecule has 0 spiro atoms. The molecular weight excluding hydrogens is 512 g/mol. The zero-order valence-corrected chi connectivity index (χ0v) is 28.3. The third kappa shape index (κ3) is 11.6. The van der Waals surface area contributed by atoms with Crippen LogP contribution >= 0.6 is 0 Å². The fourth-order valence-electron chi connectivity index (χ4n) is 6.06. The Morgan fingerprint density at radius 2 is 1.39 bits per heavy atom. The van der Waals surface area contributed by atoms with E-state index in [2.05, 4.69) is 34.6 Å². The molecule has 0 fully saturated rings. The highest BCUT2D eigenvalue weighted by atomic mass is 16.6. The van der Waals surface area contributed by atoms with E-state index in [1.807, 2.05) is 20.8 Å². The van der Waals surface area contributed by atoms with Gasteiger partial charge in [-0.05, 0) is 109 Å². The number of rotatable bonds is 15. The fraction of sp³-hybridized carbons (Fsp3) is 0.778. The lowest BCUT2D eigenvalue weighted by Gasteiger charge is -2.38. The first-order valence-electron chi connectivity index (χ1n) is 16.3. The van der Waals surface area contributed by atoms with Crippen LogP contribution in [0.1, 0.15) is 148 Å². The van der Waals surface area contributed by atoms with Gasteiger partial charge in [0.2, 0.25) is 0 Å². The van der Waals surface area contributed by atoms with Crippen molar-refractivity contribution in [2.75, 3.05) is 0 Å². The Bertz CT molecular complexity index is 1020. The fourth-order valence-corrected chi connectivity index (χ4v) is 6.06. The molecule has 2 rings (SSSR count). The second-order valence-corrected chi connectivity index (χ2v) is 14.7. The molecule has 1 aliphatic heterocycles. The highest BCUT2D eigenvalue weighted by Crippen LogP contribution is 2.45.